The Hall–Kier alpha value is -3.10. The fourth-order valence-electron chi connectivity index (χ4n) is 5.15. The van der Waals surface area contributed by atoms with Crippen LogP contribution in [0.3, 0.4) is 0 Å². The summed E-state index contributed by atoms with van der Waals surface area (Å²) in [5.74, 6) is -4.14. The lowest BCUT2D eigenvalue weighted by Crippen LogP contribution is -2.47. The van der Waals surface area contributed by atoms with Gasteiger partial charge in [-0.3, -0.25) is 14.7 Å². The fraction of sp³-hybridized carbons (Fsp3) is 0.462. The lowest BCUT2D eigenvalue weighted by molar-refractivity contribution is -0.161. The van der Waals surface area contributed by atoms with E-state index < -0.39 is 59.9 Å². The molecule has 222 valence electrons. The predicted octanol–water partition coefficient (Wildman–Crippen LogP) is 5.19. The Kier molecular flexibility index (Phi) is 9.65. The summed E-state index contributed by atoms with van der Waals surface area (Å²) >= 11 is 7.43. The first-order valence-electron chi connectivity index (χ1n) is 12.5. The van der Waals surface area contributed by atoms with Gasteiger partial charge in [-0.1, -0.05) is 17.7 Å². The maximum Gasteiger partial charge on any atom is 0.401 e. The summed E-state index contributed by atoms with van der Waals surface area (Å²) in [6, 6.07) is 0.368. The number of halogens is 6. The molecule has 1 saturated carbocycles. The summed E-state index contributed by atoms with van der Waals surface area (Å²) in [4.78, 5) is 34.9. The summed E-state index contributed by atoms with van der Waals surface area (Å²) in [7, 11) is 2.27. The molecule has 1 aliphatic heterocycles. The maximum atomic E-state index is 14.5. The van der Waals surface area contributed by atoms with Gasteiger partial charge in [-0.15, -0.1) is 11.3 Å². The van der Waals surface area contributed by atoms with E-state index in [0.717, 1.165) is 25.2 Å². The Morgan fingerprint density at radius 1 is 1.15 bits per heavy atom. The quantitative estimate of drug-likeness (QED) is 0.247. The van der Waals surface area contributed by atoms with Crippen LogP contribution in [0, 0.1) is 17.6 Å². The highest BCUT2D eigenvalue weighted by atomic mass is 35.5. The zero-order chi connectivity index (χ0) is 29.9. The van der Waals surface area contributed by atoms with Crippen molar-refractivity contribution < 1.29 is 41.0 Å². The largest absolute Gasteiger partial charge is 0.468 e. The molecular formula is C26H26ClF5N4O4S. The highest BCUT2D eigenvalue weighted by Gasteiger charge is 2.40. The maximum absolute atomic E-state index is 14.5. The molecule has 4 rings (SSSR count). The minimum atomic E-state index is -4.52. The van der Waals surface area contributed by atoms with Crippen molar-refractivity contribution in [2.24, 2.45) is 10.9 Å². The highest BCUT2D eigenvalue weighted by molar-refractivity contribution is 7.11. The molecule has 0 amide bonds. The van der Waals surface area contributed by atoms with Crippen molar-refractivity contribution in [3.8, 4) is 0 Å². The average Bonchev–Trinajstić information content (AvgIpc) is 3.49. The van der Waals surface area contributed by atoms with E-state index in [4.69, 9.17) is 16.3 Å². The van der Waals surface area contributed by atoms with Gasteiger partial charge < -0.3 is 14.8 Å². The number of aromatic nitrogens is 1. The second kappa shape index (κ2) is 12.8. The van der Waals surface area contributed by atoms with Crippen LogP contribution in [-0.4, -0.2) is 67.2 Å². The van der Waals surface area contributed by atoms with Crippen molar-refractivity contribution in [2.45, 2.75) is 43.9 Å². The number of aliphatic imine (C=N–C) groups is 1. The van der Waals surface area contributed by atoms with Crippen molar-refractivity contribution >= 4 is 40.7 Å². The first-order valence-corrected chi connectivity index (χ1v) is 13.8. The van der Waals surface area contributed by atoms with Crippen LogP contribution in [0.15, 0.2) is 40.0 Å². The lowest BCUT2D eigenvalue weighted by Gasteiger charge is -2.39. The van der Waals surface area contributed by atoms with Crippen LogP contribution in [0.4, 0.5) is 22.0 Å². The molecule has 2 heterocycles. The van der Waals surface area contributed by atoms with Gasteiger partial charge in [0.15, 0.2) is 22.5 Å². The van der Waals surface area contributed by atoms with E-state index in [2.05, 4.69) is 20.0 Å². The second-order valence-electron chi connectivity index (χ2n) is 9.53. The molecule has 1 N–H and O–H groups in total. The number of amidine groups is 1. The number of hydrogen-bond acceptors (Lipinski definition) is 9. The van der Waals surface area contributed by atoms with Crippen LogP contribution < -0.4 is 5.32 Å². The molecule has 1 fully saturated rings. The number of carbonyl (C=O) groups is 2. The van der Waals surface area contributed by atoms with Gasteiger partial charge >= 0.3 is 18.1 Å². The number of alkyl halides is 3. The van der Waals surface area contributed by atoms with E-state index in [-0.39, 0.29) is 35.7 Å². The molecule has 1 atom stereocenters. The first-order chi connectivity index (χ1) is 19.4. The molecule has 0 radical (unpaired) electrons. The topological polar surface area (TPSA) is 93.1 Å². The number of benzene rings is 1. The Labute approximate surface area is 241 Å². The number of nitrogens with one attached hydrogen (secondary N) is 1. The third kappa shape index (κ3) is 7.04. The zero-order valence-corrected chi connectivity index (χ0v) is 23.5. The average molecular weight is 621 g/mol. The summed E-state index contributed by atoms with van der Waals surface area (Å²) < 4.78 is 77.9. The molecule has 0 spiro atoms. The van der Waals surface area contributed by atoms with Gasteiger partial charge in [0.1, 0.15) is 6.04 Å². The number of hydrogen-bond donors (Lipinski definition) is 1. The third-order valence-electron chi connectivity index (χ3n) is 7.04. The summed E-state index contributed by atoms with van der Waals surface area (Å²) in [5, 5.41) is 4.78. The van der Waals surface area contributed by atoms with E-state index in [1.54, 1.807) is 11.6 Å². The van der Waals surface area contributed by atoms with Gasteiger partial charge in [-0.05, 0) is 37.7 Å². The molecule has 2 aliphatic rings. The van der Waals surface area contributed by atoms with Crippen molar-refractivity contribution in [3.05, 3.63) is 62.2 Å². The molecule has 1 aliphatic carbocycles. The molecule has 2 aromatic rings. The summed E-state index contributed by atoms with van der Waals surface area (Å²) in [6.45, 7) is -1.79. The molecule has 0 bridgehead atoms. The standard InChI is InChI=1S/C26H26ClF5N4O4S/c1-39-17(37)11-36(12-26(30,31)32)14-5-3-13(4-6-14)21-18(25(38)40-2)22(15-7-8-16(28)20(29)19(15)27)35-23(34-21)24-33-9-10-41-24/h7-10,13-14,22H,3-6,11-12H2,1-2H3,(H,34,35)/t13-,14-,22?. The Morgan fingerprint density at radius 2 is 1.85 bits per heavy atom. The number of methoxy groups -OCH3 is 2. The molecule has 1 aromatic carbocycles. The summed E-state index contributed by atoms with van der Waals surface area (Å²) in [5.41, 5.74) is 0.435. The first kappa shape index (κ1) is 30.8. The van der Waals surface area contributed by atoms with E-state index in [0.29, 0.717) is 23.5 Å². The molecular weight excluding hydrogens is 595 g/mol. The third-order valence-corrected chi connectivity index (χ3v) is 8.20. The van der Waals surface area contributed by atoms with Gasteiger partial charge in [0, 0.05) is 28.9 Å². The number of thiazole rings is 1. The van der Waals surface area contributed by atoms with Crippen molar-refractivity contribution in [2.75, 3.05) is 27.3 Å². The van der Waals surface area contributed by atoms with E-state index in [1.807, 2.05) is 0 Å². The Bertz CT molecular complexity index is 1340. The van der Waals surface area contributed by atoms with E-state index in [1.165, 1.54) is 17.4 Å². The van der Waals surface area contributed by atoms with E-state index in [9.17, 15) is 31.5 Å². The monoisotopic (exact) mass is 620 g/mol. The molecule has 0 saturated heterocycles. The smallest absolute Gasteiger partial charge is 0.401 e. The molecule has 8 nitrogen and oxygen atoms in total. The number of esters is 2. The minimum Gasteiger partial charge on any atom is -0.468 e. The molecule has 15 heteroatoms. The highest BCUT2D eigenvalue weighted by Crippen LogP contribution is 2.42. The zero-order valence-electron chi connectivity index (χ0n) is 21.9. The van der Waals surface area contributed by atoms with Gasteiger partial charge in [0.2, 0.25) is 0 Å². The Morgan fingerprint density at radius 3 is 2.44 bits per heavy atom. The number of ether oxygens (including phenoxy) is 2. The minimum absolute atomic E-state index is 0.0193. The van der Waals surface area contributed by atoms with Crippen LogP contribution in [0.2, 0.25) is 5.02 Å². The number of nitrogens with zero attached hydrogens (tertiary/aromatic N) is 3. The predicted molar refractivity (Wildman–Crippen MR) is 140 cm³/mol. The van der Waals surface area contributed by atoms with Crippen LogP contribution in [0.5, 0.6) is 0 Å². The van der Waals surface area contributed by atoms with Crippen LogP contribution in [-0.2, 0) is 19.1 Å². The van der Waals surface area contributed by atoms with Crippen molar-refractivity contribution in [3.63, 3.8) is 0 Å². The van der Waals surface area contributed by atoms with Gasteiger partial charge in [-0.25, -0.2) is 18.6 Å². The van der Waals surface area contributed by atoms with Crippen molar-refractivity contribution in [1.82, 2.24) is 15.2 Å². The van der Waals surface area contributed by atoms with Crippen molar-refractivity contribution in [1.29, 1.82) is 0 Å². The normalized spacial score (nSPS) is 21.4. The number of carbonyl (C=O) groups excluding carboxylic acids is 2. The summed E-state index contributed by atoms with van der Waals surface area (Å²) in [6.07, 6.45) is -1.74. The van der Waals surface area contributed by atoms with Crippen LogP contribution >= 0.6 is 22.9 Å². The second-order valence-corrected chi connectivity index (χ2v) is 10.8. The van der Waals surface area contributed by atoms with Crippen LogP contribution in [0.25, 0.3) is 0 Å². The molecule has 1 unspecified atom stereocenters. The lowest BCUT2D eigenvalue weighted by atomic mass is 9.80. The number of rotatable bonds is 8. The molecule has 1 aromatic heterocycles. The molecule has 41 heavy (non-hydrogen) atoms. The SMILES string of the molecule is COC(=O)CN(CC(F)(F)F)[C@H]1CC[C@H](C2=C(C(=O)OC)C(c3ccc(F)c(F)c3Cl)N=C(c3nccs3)N2)CC1. The van der Waals surface area contributed by atoms with E-state index >= 15 is 0 Å². The van der Waals surface area contributed by atoms with Crippen LogP contribution in [0.1, 0.15) is 42.3 Å². The Balaban J connectivity index is 1.71. The van der Waals surface area contributed by atoms with Gasteiger partial charge in [-0.2, -0.15) is 13.2 Å². The van der Waals surface area contributed by atoms with Gasteiger partial charge in [0.25, 0.3) is 0 Å². The fourth-order valence-corrected chi connectivity index (χ4v) is 6.00. The number of allylic oxidation sites excluding steroid dienone is 1. The van der Waals surface area contributed by atoms with Gasteiger partial charge in [0.05, 0.1) is 37.9 Å².